The molecule has 0 saturated carbocycles. The lowest BCUT2D eigenvalue weighted by Crippen LogP contribution is -2.11. The van der Waals surface area contributed by atoms with Crippen molar-refractivity contribution in [3.8, 4) is 0 Å². The lowest BCUT2D eigenvalue weighted by atomic mass is 9.85. The first kappa shape index (κ1) is 10.4. The van der Waals surface area contributed by atoms with Crippen LogP contribution in [0.5, 0.6) is 0 Å². The number of hydrogen-bond acceptors (Lipinski definition) is 2. The molecule has 0 bridgehead atoms. The third-order valence-corrected chi connectivity index (χ3v) is 2.70. The monoisotopic (exact) mass is 218 g/mol. The second-order valence-corrected chi connectivity index (χ2v) is 3.73. The van der Waals surface area contributed by atoms with Crippen LogP contribution in [-0.4, -0.2) is 22.2 Å². The highest BCUT2D eigenvalue weighted by molar-refractivity contribution is 5.91. The topological polar surface area (TPSA) is 74.6 Å². The highest BCUT2D eigenvalue weighted by atomic mass is 16.4. The molecule has 0 amide bonds. The van der Waals surface area contributed by atoms with Crippen LogP contribution in [0.4, 0.5) is 0 Å². The van der Waals surface area contributed by atoms with Gasteiger partial charge in [-0.25, -0.2) is 9.59 Å². The number of carboxylic acids is 2. The summed E-state index contributed by atoms with van der Waals surface area (Å²) in [4.78, 5) is 21.5. The van der Waals surface area contributed by atoms with E-state index < -0.39 is 11.9 Å². The first-order chi connectivity index (χ1) is 7.58. The summed E-state index contributed by atoms with van der Waals surface area (Å²) in [5.41, 5.74) is 2.46. The lowest BCUT2D eigenvalue weighted by Gasteiger charge is -2.19. The maximum absolute atomic E-state index is 10.8. The molecular weight excluding hydrogens is 208 g/mol. The summed E-state index contributed by atoms with van der Waals surface area (Å²) in [5, 5.41) is 17.7. The zero-order chi connectivity index (χ0) is 11.7. The van der Waals surface area contributed by atoms with Gasteiger partial charge < -0.3 is 10.2 Å². The summed E-state index contributed by atoms with van der Waals surface area (Å²) in [6.45, 7) is 0. The molecule has 0 fully saturated rings. The Kier molecular flexibility index (Phi) is 2.48. The van der Waals surface area contributed by atoms with Crippen molar-refractivity contribution in [3.63, 3.8) is 0 Å². The van der Waals surface area contributed by atoms with Crippen LogP contribution in [-0.2, 0) is 9.59 Å². The van der Waals surface area contributed by atoms with Gasteiger partial charge in [-0.05, 0) is 11.1 Å². The van der Waals surface area contributed by atoms with Gasteiger partial charge in [-0.1, -0.05) is 24.3 Å². The van der Waals surface area contributed by atoms with Crippen molar-refractivity contribution in [1.82, 2.24) is 0 Å². The Morgan fingerprint density at radius 1 is 0.812 bits per heavy atom. The number of rotatable bonds is 2. The number of carboxylic acid groups (broad SMARTS) is 2. The second kappa shape index (κ2) is 3.81. The van der Waals surface area contributed by atoms with E-state index in [1.165, 1.54) is 0 Å². The predicted octanol–water partition coefficient (Wildman–Crippen LogP) is 1.67. The molecule has 0 aromatic heterocycles. The van der Waals surface area contributed by atoms with E-state index in [-0.39, 0.29) is 0 Å². The van der Waals surface area contributed by atoms with Crippen molar-refractivity contribution in [1.29, 1.82) is 0 Å². The maximum atomic E-state index is 10.8. The normalized spacial score (nSPS) is 18.8. The Bertz CT molecular complexity index is 443. The molecule has 0 aromatic carbocycles. The zero-order valence-corrected chi connectivity index (χ0v) is 8.43. The van der Waals surface area contributed by atoms with E-state index in [0.717, 1.165) is 11.1 Å². The van der Waals surface area contributed by atoms with Crippen molar-refractivity contribution >= 4 is 11.9 Å². The van der Waals surface area contributed by atoms with Gasteiger partial charge in [-0.2, -0.15) is 0 Å². The average molecular weight is 218 g/mol. The first-order valence-corrected chi connectivity index (χ1v) is 4.84. The standard InChI is InChI=1S/C12H10O4/c13-11(14)9-3-1-7-5-10(12(15)16)4-2-8(7)6-9/h1-4H,5-6H2,(H,13,14)(H,15,16). The van der Waals surface area contributed by atoms with Crippen molar-refractivity contribution in [2.45, 2.75) is 12.8 Å². The van der Waals surface area contributed by atoms with Gasteiger partial charge in [0.05, 0.1) is 0 Å². The van der Waals surface area contributed by atoms with Crippen LogP contribution in [0.25, 0.3) is 0 Å². The first-order valence-electron chi connectivity index (χ1n) is 4.84. The minimum Gasteiger partial charge on any atom is -0.478 e. The van der Waals surface area contributed by atoms with E-state index in [1.54, 1.807) is 24.3 Å². The van der Waals surface area contributed by atoms with Crippen LogP contribution in [0, 0.1) is 0 Å². The fraction of sp³-hybridized carbons (Fsp3) is 0.167. The molecule has 2 N–H and O–H groups in total. The van der Waals surface area contributed by atoms with Crippen molar-refractivity contribution in [2.24, 2.45) is 0 Å². The molecule has 2 aliphatic carbocycles. The Morgan fingerprint density at radius 2 is 1.19 bits per heavy atom. The quantitative estimate of drug-likeness (QED) is 0.739. The van der Waals surface area contributed by atoms with Crippen molar-refractivity contribution < 1.29 is 19.8 Å². The molecule has 16 heavy (non-hydrogen) atoms. The molecule has 0 heterocycles. The Hall–Kier alpha value is -2.10. The van der Waals surface area contributed by atoms with Crippen LogP contribution in [0.2, 0.25) is 0 Å². The van der Waals surface area contributed by atoms with Gasteiger partial charge in [-0.3, -0.25) is 0 Å². The summed E-state index contributed by atoms with van der Waals surface area (Å²) < 4.78 is 0. The van der Waals surface area contributed by atoms with Gasteiger partial charge in [0.15, 0.2) is 0 Å². The fourth-order valence-corrected chi connectivity index (χ4v) is 1.78. The Labute approximate surface area is 91.9 Å². The van der Waals surface area contributed by atoms with Gasteiger partial charge in [0.25, 0.3) is 0 Å². The van der Waals surface area contributed by atoms with Crippen molar-refractivity contribution in [3.05, 3.63) is 46.6 Å². The van der Waals surface area contributed by atoms with E-state index in [2.05, 4.69) is 0 Å². The summed E-state index contributed by atoms with van der Waals surface area (Å²) in [6.07, 6.45) is 7.19. The third-order valence-electron chi connectivity index (χ3n) is 2.70. The van der Waals surface area contributed by atoms with Crippen molar-refractivity contribution in [2.75, 3.05) is 0 Å². The summed E-state index contributed by atoms with van der Waals surface area (Å²) in [5.74, 6) is -1.85. The number of carbonyl (C=O) groups is 2. The molecule has 4 heteroatoms. The highest BCUT2D eigenvalue weighted by Crippen LogP contribution is 2.32. The van der Waals surface area contributed by atoms with E-state index in [0.29, 0.717) is 24.0 Å². The number of hydrogen-bond donors (Lipinski definition) is 2. The Balaban J connectivity index is 2.29. The summed E-state index contributed by atoms with van der Waals surface area (Å²) in [6, 6.07) is 0. The molecule has 2 aliphatic rings. The summed E-state index contributed by atoms with van der Waals surface area (Å²) in [7, 11) is 0. The second-order valence-electron chi connectivity index (χ2n) is 3.73. The van der Waals surface area contributed by atoms with Crippen LogP contribution in [0.15, 0.2) is 46.6 Å². The minimum atomic E-state index is -0.927. The molecule has 0 spiro atoms. The predicted molar refractivity (Wildman–Crippen MR) is 56.8 cm³/mol. The molecule has 0 unspecified atom stereocenters. The summed E-state index contributed by atoms with van der Waals surface area (Å²) >= 11 is 0. The third kappa shape index (κ3) is 1.82. The van der Waals surface area contributed by atoms with E-state index in [9.17, 15) is 9.59 Å². The molecule has 82 valence electrons. The van der Waals surface area contributed by atoms with Gasteiger partial charge in [0, 0.05) is 24.0 Å². The molecule has 0 aliphatic heterocycles. The fourth-order valence-electron chi connectivity index (χ4n) is 1.78. The molecule has 0 radical (unpaired) electrons. The van der Waals surface area contributed by atoms with E-state index >= 15 is 0 Å². The lowest BCUT2D eigenvalue weighted by molar-refractivity contribution is -0.133. The van der Waals surface area contributed by atoms with E-state index in [4.69, 9.17) is 10.2 Å². The Morgan fingerprint density at radius 3 is 1.50 bits per heavy atom. The van der Waals surface area contributed by atoms with Gasteiger partial charge in [0.2, 0.25) is 0 Å². The highest BCUT2D eigenvalue weighted by Gasteiger charge is 2.21. The van der Waals surface area contributed by atoms with E-state index in [1.807, 2.05) is 0 Å². The van der Waals surface area contributed by atoms with Gasteiger partial charge in [0.1, 0.15) is 0 Å². The zero-order valence-electron chi connectivity index (χ0n) is 8.43. The molecule has 2 rings (SSSR count). The minimum absolute atomic E-state index is 0.335. The van der Waals surface area contributed by atoms with Gasteiger partial charge in [-0.15, -0.1) is 0 Å². The number of aliphatic carboxylic acids is 2. The molecule has 0 atom stereocenters. The SMILES string of the molecule is O=C(O)C1=CC=C2CC(C(=O)O)=CC=C2C1. The number of fused-ring (bicyclic) bond motifs is 1. The molecule has 4 nitrogen and oxygen atoms in total. The van der Waals surface area contributed by atoms with Crippen LogP contribution in [0.1, 0.15) is 12.8 Å². The maximum Gasteiger partial charge on any atom is 0.331 e. The van der Waals surface area contributed by atoms with Crippen LogP contribution >= 0.6 is 0 Å². The van der Waals surface area contributed by atoms with Gasteiger partial charge >= 0.3 is 11.9 Å². The smallest absolute Gasteiger partial charge is 0.331 e. The number of allylic oxidation sites excluding steroid dienone is 6. The molecule has 0 aromatic rings. The van der Waals surface area contributed by atoms with Crippen LogP contribution < -0.4 is 0 Å². The molecular formula is C12H10O4. The van der Waals surface area contributed by atoms with Crippen LogP contribution in [0.3, 0.4) is 0 Å². The largest absolute Gasteiger partial charge is 0.478 e. The molecule has 0 saturated heterocycles. The average Bonchev–Trinajstić information content (AvgIpc) is 2.27.